The van der Waals surface area contributed by atoms with Crippen LogP contribution in [0, 0.1) is 0 Å². The summed E-state index contributed by atoms with van der Waals surface area (Å²) in [6.45, 7) is 26.5. The van der Waals surface area contributed by atoms with Crippen molar-refractivity contribution in [1.82, 2.24) is 13.7 Å². The third-order valence-corrected chi connectivity index (χ3v) is 15.5. The van der Waals surface area contributed by atoms with E-state index in [1.807, 2.05) is 37.8 Å². The Kier molecular flexibility index (Phi) is 6.75. The highest BCUT2D eigenvalue weighted by atomic mass is 28.4. The second-order valence-electron chi connectivity index (χ2n) is 12.2. The van der Waals surface area contributed by atoms with Gasteiger partial charge in [-0.05, 0) is 25.7 Å². The van der Waals surface area contributed by atoms with Gasteiger partial charge in [-0.2, -0.15) is 5.10 Å². The van der Waals surface area contributed by atoms with Crippen LogP contribution >= 0.6 is 0 Å². The predicted octanol–water partition coefficient (Wildman–Crippen LogP) is 4.91. The maximum Gasteiger partial charge on any atom is 0.330 e. The monoisotopic (exact) mass is 492 g/mol. The SMILES string of the molecule is C[Si](C)(C)N(c1ccccc1-c1nn([Si](C)(C)C)c(=O)n([Si](C)(C)C)c1=O)[Si](C)(C)C. The van der Waals surface area contributed by atoms with Crippen molar-refractivity contribution < 1.29 is 0 Å². The standard InChI is InChI=1S/C21H40N4O2Si4/c1-28(2,3)23-20(26)19(22-24(21(23)27)29(4,5)6)17-15-13-14-16-18(17)25(30(7,8)9)31(10,11)12/h13-16H,1-12H3. The van der Waals surface area contributed by atoms with Crippen molar-refractivity contribution in [3.63, 3.8) is 0 Å². The van der Waals surface area contributed by atoms with Crippen LogP contribution in [-0.4, -0.2) is 46.6 Å². The highest BCUT2D eigenvalue weighted by Crippen LogP contribution is 2.35. The topological polar surface area (TPSA) is 60.1 Å². The molecule has 0 bridgehead atoms. The number of nitrogens with zero attached hydrogens (tertiary/aromatic N) is 4. The molecule has 6 nitrogen and oxygen atoms in total. The maximum atomic E-state index is 13.7. The lowest BCUT2D eigenvalue weighted by molar-refractivity contribution is 0.754. The van der Waals surface area contributed by atoms with Gasteiger partial charge in [0.2, 0.25) is 0 Å². The zero-order valence-electron chi connectivity index (χ0n) is 21.4. The third-order valence-electron chi connectivity index (χ3n) is 5.03. The number of anilines is 1. The Morgan fingerprint density at radius 3 is 1.65 bits per heavy atom. The molecule has 0 spiro atoms. The minimum absolute atomic E-state index is 0.253. The van der Waals surface area contributed by atoms with Crippen LogP contribution in [0.25, 0.3) is 11.3 Å². The van der Waals surface area contributed by atoms with E-state index in [-0.39, 0.29) is 11.2 Å². The lowest BCUT2D eigenvalue weighted by Crippen LogP contribution is -2.60. The van der Waals surface area contributed by atoms with Gasteiger partial charge in [0.15, 0.2) is 22.2 Å². The van der Waals surface area contributed by atoms with Crippen LogP contribution in [0.3, 0.4) is 0 Å². The fraction of sp³-hybridized carbons (Fsp3) is 0.571. The Bertz CT molecular complexity index is 1070. The highest BCUT2D eigenvalue weighted by molar-refractivity contribution is 6.99. The van der Waals surface area contributed by atoms with E-state index in [2.05, 4.69) is 69.2 Å². The highest BCUT2D eigenvalue weighted by Gasteiger charge is 2.37. The third kappa shape index (κ3) is 5.29. The molecule has 2 rings (SSSR count). The van der Waals surface area contributed by atoms with Gasteiger partial charge in [0.25, 0.3) is 5.56 Å². The van der Waals surface area contributed by atoms with Crippen LogP contribution in [0.15, 0.2) is 33.9 Å². The molecule has 0 amide bonds. The zero-order chi connectivity index (χ0) is 24.2. The van der Waals surface area contributed by atoms with Crippen molar-refractivity contribution in [2.45, 2.75) is 78.6 Å². The predicted molar refractivity (Wildman–Crippen MR) is 145 cm³/mol. The van der Waals surface area contributed by atoms with E-state index < -0.39 is 32.9 Å². The van der Waals surface area contributed by atoms with Crippen LogP contribution in [-0.2, 0) is 0 Å². The molecule has 31 heavy (non-hydrogen) atoms. The molecule has 2 aromatic rings. The molecule has 0 unspecified atom stereocenters. The molecule has 172 valence electrons. The van der Waals surface area contributed by atoms with Gasteiger partial charge < -0.3 is 4.23 Å². The van der Waals surface area contributed by atoms with Gasteiger partial charge in [-0.15, -0.1) is 0 Å². The fourth-order valence-corrected chi connectivity index (χ4v) is 16.7. The quantitative estimate of drug-likeness (QED) is 0.537. The Labute approximate surface area is 191 Å². The number of para-hydroxylation sites is 1. The van der Waals surface area contributed by atoms with Crippen LogP contribution < -0.4 is 15.5 Å². The number of aromatic nitrogens is 3. The Morgan fingerprint density at radius 1 is 0.742 bits per heavy atom. The van der Waals surface area contributed by atoms with Crippen LogP contribution in [0.2, 0.25) is 78.6 Å². The fourth-order valence-electron chi connectivity index (χ4n) is 4.27. The Hall–Kier alpha value is -1.50. The second kappa shape index (κ2) is 8.12. The summed E-state index contributed by atoms with van der Waals surface area (Å²) in [7, 11) is -7.89. The smallest absolute Gasteiger partial charge is 0.330 e. The van der Waals surface area contributed by atoms with E-state index in [4.69, 9.17) is 5.10 Å². The molecule has 0 fully saturated rings. The van der Waals surface area contributed by atoms with E-state index in [1.54, 1.807) is 4.35 Å². The molecule has 0 aliphatic rings. The average molecular weight is 493 g/mol. The number of rotatable bonds is 6. The largest absolute Gasteiger partial charge is 0.424 e. The van der Waals surface area contributed by atoms with Crippen molar-refractivity contribution in [2.75, 3.05) is 4.23 Å². The van der Waals surface area contributed by atoms with Gasteiger partial charge >= 0.3 is 5.69 Å². The van der Waals surface area contributed by atoms with Gasteiger partial charge in [0, 0.05) is 11.3 Å². The van der Waals surface area contributed by atoms with E-state index >= 15 is 0 Å². The maximum absolute atomic E-state index is 13.7. The summed E-state index contributed by atoms with van der Waals surface area (Å²) in [4.78, 5) is 27.1. The van der Waals surface area contributed by atoms with Crippen molar-refractivity contribution in [2.24, 2.45) is 0 Å². The first-order valence-electron chi connectivity index (χ1n) is 10.9. The summed E-state index contributed by atoms with van der Waals surface area (Å²) in [5, 5.41) is 4.75. The molecular weight excluding hydrogens is 453 g/mol. The molecule has 10 heteroatoms. The molecule has 1 heterocycles. The van der Waals surface area contributed by atoms with E-state index in [1.165, 1.54) is 4.23 Å². The lowest BCUT2D eigenvalue weighted by atomic mass is 10.1. The van der Waals surface area contributed by atoms with Gasteiger partial charge in [-0.25, -0.2) is 9.14 Å². The Morgan fingerprint density at radius 2 is 1.23 bits per heavy atom. The molecule has 1 aromatic heterocycles. The molecule has 0 radical (unpaired) electrons. The van der Waals surface area contributed by atoms with E-state index in [0.29, 0.717) is 5.69 Å². The number of hydrogen-bond acceptors (Lipinski definition) is 4. The van der Waals surface area contributed by atoms with Crippen molar-refractivity contribution in [3.8, 4) is 11.3 Å². The molecule has 0 aliphatic heterocycles. The normalized spacial score (nSPS) is 13.4. The summed E-state index contributed by atoms with van der Waals surface area (Å²) in [6.07, 6.45) is 0. The van der Waals surface area contributed by atoms with Crippen LogP contribution in [0.4, 0.5) is 5.69 Å². The lowest BCUT2D eigenvalue weighted by Gasteiger charge is -2.46. The van der Waals surface area contributed by atoms with E-state index in [9.17, 15) is 9.59 Å². The second-order valence-corrected chi connectivity index (χ2v) is 31.8. The van der Waals surface area contributed by atoms with Gasteiger partial charge in [0.1, 0.15) is 16.5 Å². The molecule has 0 N–H and O–H groups in total. The van der Waals surface area contributed by atoms with Crippen molar-refractivity contribution >= 4 is 38.6 Å². The van der Waals surface area contributed by atoms with Crippen LogP contribution in [0.1, 0.15) is 0 Å². The molecule has 0 atom stereocenters. The number of benzene rings is 1. The summed E-state index contributed by atoms with van der Waals surface area (Å²) in [5.41, 5.74) is 1.82. The van der Waals surface area contributed by atoms with Gasteiger partial charge in [0.05, 0.1) is 0 Å². The van der Waals surface area contributed by atoms with Crippen molar-refractivity contribution in [1.29, 1.82) is 0 Å². The molecule has 0 saturated heterocycles. The molecular formula is C21H40N4O2Si4. The minimum atomic E-state index is -2.26. The summed E-state index contributed by atoms with van der Waals surface area (Å²) < 4.78 is 5.77. The van der Waals surface area contributed by atoms with Crippen LogP contribution in [0.5, 0.6) is 0 Å². The number of hydrogen-bond donors (Lipinski definition) is 0. The molecule has 1 aromatic carbocycles. The zero-order valence-corrected chi connectivity index (χ0v) is 25.4. The van der Waals surface area contributed by atoms with Gasteiger partial charge in [-0.1, -0.05) is 77.1 Å². The summed E-state index contributed by atoms with van der Waals surface area (Å²) in [6, 6.07) is 8.13. The summed E-state index contributed by atoms with van der Waals surface area (Å²) in [5.74, 6) is 0. The van der Waals surface area contributed by atoms with E-state index in [0.717, 1.165) is 11.3 Å². The average Bonchev–Trinajstić information content (AvgIpc) is 2.50. The van der Waals surface area contributed by atoms with Crippen molar-refractivity contribution in [3.05, 3.63) is 45.1 Å². The molecule has 0 aliphatic carbocycles. The summed E-state index contributed by atoms with van der Waals surface area (Å²) >= 11 is 0. The van der Waals surface area contributed by atoms with Gasteiger partial charge in [-0.3, -0.25) is 9.03 Å². The first-order valence-corrected chi connectivity index (χ1v) is 24.7. The first-order chi connectivity index (χ1) is 13.8. The first kappa shape index (κ1) is 25.8. The Balaban J connectivity index is 3.04. The minimum Gasteiger partial charge on any atom is -0.424 e. The molecule has 0 saturated carbocycles.